The standard InChI is InChI=1S/C23H17Br2N3O7/c1-33-21-9-14(5-7-20(21)35-23(30)15-3-2-4-16(24)10-15)12-26-27-22(29)13-34-19-8-6-17(28(31)32)11-18(19)25/h2-12H,13H2,1H3,(H,27,29). The van der Waals surface area contributed by atoms with Crippen molar-refractivity contribution in [3.63, 3.8) is 0 Å². The Kier molecular flexibility index (Phi) is 8.92. The van der Waals surface area contributed by atoms with Gasteiger partial charge in [-0.2, -0.15) is 5.10 Å². The lowest BCUT2D eigenvalue weighted by Gasteiger charge is -2.10. The molecule has 0 radical (unpaired) electrons. The first-order valence-electron chi connectivity index (χ1n) is 9.81. The van der Waals surface area contributed by atoms with Crippen LogP contribution in [-0.4, -0.2) is 36.7 Å². The van der Waals surface area contributed by atoms with E-state index in [-0.39, 0.29) is 23.8 Å². The maximum atomic E-state index is 12.4. The molecule has 0 atom stereocenters. The lowest BCUT2D eigenvalue weighted by molar-refractivity contribution is -0.384. The van der Waals surface area contributed by atoms with E-state index in [4.69, 9.17) is 14.2 Å². The summed E-state index contributed by atoms with van der Waals surface area (Å²) in [5.74, 6) is -0.292. The zero-order valence-electron chi connectivity index (χ0n) is 18.1. The van der Waals surface area contributed by atoms with Crippen molar-refractivity contribution in [2.75, 3.05) is 13.7 Å². The Morgan fingerprint density at radius 3 is 2.51 bits per heavy atom. The molecule has 12 heteroatoms. The number of hydrogen-bond donors (Lipinski definition) is 1. The zero-order chi connectivity index (χ0) is 25.4. The van der Waals surface area contributed by atoms with Crippen LogP contribution in [0.15, 0.2) is 74.7 Å². The van der Waals surface area contributed by atoms with Gasteiger partial charge in [0.25, 0.3) is 11.6 Å². The number of nitro benzene ring substituents is 1. The van der Waals surface area contributed by atoms with E-state index >= 15 is 0 Å². The number of nitrogens with zero attached hydrogens (tertiary/aromatic N) is 2. The number of rotatable bonds is 9. The number of hydrazone groups is 1. The highest BCUT2D eigenvalue weighted by molar-refractivity contribution is 9.10. The molecule has 35 heavy (non-hydrogen) atoms. The molecule has 180 valence electrons. The molecule has 0 heterocycles. The van der Waals surface area contributed by atoms with Gasteiger partial charge in [-0.15, -0.1) is 0 Å². The average molecular weight is 607 g/mol. The van der Waals surface area contributed by atoms with Gasteiger partial charge in [0.15, 0.2) is 18.1 Å². The quantitative estimate of drug-likeness (QED) is 0.121. The highest BCUT2D eigenvalue weighted by Crippen LogP contribution is 2.30. The van der Waals surface area contributed by atoms with E-state index in [0.29, 0.717) is 21.3 Å². The van der Waals surface area contributed by atoms with Crippen LogP contribution in [0.25, 0.3) is 0 Å². The Bertz CT molecular complexity index is 1300. The van der Waals surface area contributed by atoms with Crippen LogP contribution < -0.4 is 19.6 Å². The Morgan fingerprint density at radius 1 is 1.06 bits per heavy atom. The molecule has 0 aliphatic rings. The normalized spacial score (nSPS) is 10.6. The van der Waals surface area contributed by atoms with Crippen molar-refractivity contribution in [1.82, 2.24) is 5.43 Å². The fraction of sp³-hybridized carbons (Fsp3) is 0.0870. The molecule has 1 amide bonds. The molecule has 0 aliphatic heterocycles. The van der Waals surface area contributed by atoms with Crippen molar-refractivity contribution >= 4 is 55.6 Å². The van der Waals surface area contributed by atoms with Gasteiger partial charge in [-0.25, -0.2) is 10.2 Å². The van der Waals surface area contributed by atoms with Crippen molar-refractivity contribution in [1.29, 1.82) is 0 Å². The van der Waals surface area contributed by atoms with Crippen LogP contribution in [0.4, 0.5) is 5.69 Å². The van der Waals surface area contributed by atoms with E-state index < -0.39 is 16.8 Å². The summed E-state index contributed by atoms with van der Waals surface area (Å²) in [6.45, 7) is -0.360. The second-order valence-electron chi connectivity index (χ2n) is 6.76. The topological polar surface area (TPSA) is 129 Å². The molecule has 1 N–H and O–H groups in total. The lowest BCUT2D eigenvalue weighted by atomic mass is 10.2. The predicted octanol–water partition coefficient (Wildman–Crippen LogP) is 4.88. The monoisotopic (exact) mass is 605 g/mol. The molecule has 10 nitrogen and oxygen atoms in total. The van der Waals surface area contributed by atoms with Crippen LogP contribution in [0.5, 0.6) is 17.2 Å². The largest absolute Gasteiger partial charge is 0.493 e. The van der Waals surface area contributed by atoms with Crippen molar-refractivity contribution in [3.05, 3.63) is 90.9 Å². The van der Waals surface area contributed by atoms with Gasteiger partial charge in [-0.3, -0.25) is 14.9 Å². The molecular formula is C23H17Br2N3O7. The summed E-state index contributed by atoms with van der Waals surface area (Å²) < 4.78 is 17.2. The third-order valence-electron chi connectivity index (χ3n) is 4.34. The molecule has 3 aromatic rings. The Hall–Kier alpha value is -3.77. The van der Waals surface area contributed by atoms with Crippen molar-refractivity contribution in [2.24, 2.45) is 5.10 Å². The Labute approximate surface area is 216 Å². The van der Waals surface area contributed by atoms with E-state index in [1.54, 1.807) is 42.5 Å². The van der Waals surface area contributed by atoms with Crippen LogP contribution >= 0.6 is 31.9 Å². The summed E-state index contributed by atoms with van der Waals surface area (Å²) in [5.41, 5.74) is 3.15. The van der Waals surface area contributed by atoms with E-state index in [0.717, 1.165) is 4.47 Å². The number of halogens is 2. The molecular weight excluding hydrogens is 590 g/mol. The van der Waals surface area contributed by atoms with Gasteiger partial charge < -0.3 is 14.2 Å². The lowest BCUT2D eigenvalue weighted by Crippen LogP contribution is -2.24. The summed E-state index contributed by atoms with van der Waals surface area (Å²) in [5, 5.41) is 14.6. The number of benzene rings is 3. The van der Waals surface area contributed by atoms with E-state index in [1.165, 1.54) is 31.5 Å². The minimum Gasteiger partial charge on any atom is -0.493 e. The smallest absolute Gasteiger partial charge is 0.343 e. The average Bonchev–Trinajstić information content (AvgIpc) is 2.83. The number of esters is 1. The van der Waals surface area contributed by atoms with Crippen molar-refractivity contribution in [2.45, 2.75) is 0 Å². The molecule has 0 saturated heterocycles. The first kappa shape index (κ1) is 25.8. The van der Waals surface area contributed by atoms with Gasteiger partial charge in [0, 0.05) is 16.6 Å². The summed E-state index contributed by atoms with van der Waals surface area (Å²) in [4.78, 5) is 34.6. The van der Waals surface area contributed by atoms with Gasteiger partial charge in [0.1, 0.15) is 5.75 Å². The number of nitrogens with one attached hydrogen (secondary N) is 1. The fourth-order valence-corrected chi connectivity index (χ4v) is 3.58. The molecule has 0 saturated carbocycles. The summed E-state index contributed by atoms with van der Waals surface area (Å²) in [6.07, 6.45) is 1.38. The summed E-state index contributed by atoms with van der Waals surface area (Å²) >= 11 is 6.47. The maximum absolute atomic E-state index is 12.4. The number of carbonyl (C=O) groups excluding carboxylic acids is 2. The molecule has 0 unspecified atom stereocenters. The molecule has 0 aliphatic carbocycles. The van der Waals surface area contributed by atoms with E-state index in [9.17, 15) is 19.7 Å². The van der Waals surface area contributed by atoms with E-state index in [1.807, 2.05) is 0 Å². The number of carbonyl (C=O) groups is 2. The van der Waals surface area contributed by atoms with Gasteiger partial charge in [0.2, 0.25) is 0 Å². The third kappa shape index (κ3) is 7.36. The molecule has 3 rings (SSSR count). The number of non-ortho nitro benzene ring substituents is 1. The van der Waals surface area contributed by atoms with Crippen LogP contribution in [-0.2, 0) is 4.79 Å². The van der Waals surface area contributed by atoms with Crippen LogP contribution in [0.1, 0.15) is 15.9 Å². The first-order valence-corrected chi connectivity index (χ1v) is 11.4. The van der Waals surface area contributed by atoms with Crippen molar-refractivity contribution in [3.8, 4) is 17.2 Å². The number of methoxy groups -OCH3 is 1. The number of amides is 1. The molecule has 0 spiro atoms. The molecule has 0 aromatic heterocycles. The fourth-order valence-electron chi connectivity index (χ4n) is 2.70. The second-order valence-corrected chi connectivity index (χ2v) is 8.53. The van der Waals surface area contributed by atoms with Crippen molar-refractivity contribution < 1.29 is 28.7 Å². The molecule has 0 bridgehead atoms. The van der Waals surface area contributed by atoms with Crippen LogP contribution in [0, 0.1) is 10.1 Å². The summed E-state index contributed by atoms with van der Waals surface area (Å²) in [6, 6.07) is 15.5. The highest BCUT2D eigenvalue weighted by Gasteiger charge is 2.14. The van der Waals surface area contributed by atoms with Gasteiger partial charge in [0.05, 0.1) is 28.3 Å². The number of hydrogen-bond acceptors (Lipinski definition) is 8. The van der Waals surface area contributed by atoms with Gasteiger partial charge >= 0.3 is 5.97 Å². The second kappa shape index (κ2) is 12.1. The summed E-state index contributed by atoms with van der Waals surface area (Å²) in [7, 11) is 1.43. The molecule has 3 aromatic carbocycles. The van der Waals surface area contributed by atoms with Gasteiger partial charge in [-0.05, 0) is 64.0 Å². The highest BCUT2D eigenvalue weighted by atomic mass is 79.9. The van der Waals surface area contributed by atoms with Gasteiger partial charge in [-0.1, -0.05) is 22.0 Å². The molecule has 0 fully saturated rings. The van der Waals surface area contributed by atoms with E-state index in [2.05, 4.69) is 42.4 Å². The minimum atomic E-state index is -0.544. The van der Waals surface area contributed by atoms with Crippen LogP contribution in [0.3, 0.4) is 0 Å². The third-order valence-corrected chi connectivity index (χ3v) is 5.45. The Morgan fingerprint density at radius 2 is 1.83 bits per heavy atom. The number of nitro groups is 1. The maximum Gasteiger partial charge on any atom is 0.343 e. The minimum absolute atomic E-state index is 0.109. The number of ether oxygens (including phenoxy) is 3. The Balaban J connectivity index is 1.56. The van der Waals surface area contributed by atoms with Crippen LogP contribution in [0.2, 0.25) is 0 Å². The first-order chi connectivity index (χ1) is 16.8. The zero-order valence-corrected chi connectivity index (χ0v) is 21.2. The predicted molar refractivity (Wildman–Crippen MR) is 134 cm³/mol. The SMILES string of the molecule is COc1cc(C=NNC(=O)COc2ccc([N+](=O)[O-])cc2Br)ccc1OC(=O)c1cccc(Br)c1.